The van der Waals surface area contributed by atoms with Crippen molar-refractivity contribution in [2.24, 2.45) is 0 Å². The van der Waals surface area contributed by atoms with Crippen molar-refractivity contribution in [2.75, 3.05) is 0 Å². The summed E-state index contributed by atoms with van der Waals surface area (Å²) in [5.41, 5.74) is 2.86. The highest BCUT2D eigenvalue weighted by Gasteiger charge is 2.12. The fourth-order valence-corrected chi connectivity index (χ4v) is 1.23. The van der Waals surface area contributed by atoms with Gasteiger partial charge in [-0.3, -0.25) is 0 Å². The Bertz CT molecular complexity index is 136. The molecule has 0 bridgehead atoms. The summed E-state index contributed by atoms with van der Waals surface area (Å²) >= 11 is 0. The largest absolute Gasteiger partial charge is 0.393 e. The first-order valence-electron chi connectivity index (χ1n) is 3.53. The van der Waals surface area contributed by atoms with Gasteiger partial charge >= 0.3 is 0 Å². The zero-order chi connectivity index (χ0) is 6.85. The van der Waals surface area contributed by atoms with E-state index in [1.807, 2.05) is 0 Å². The van der Waals surface area contributed by atoms with E-state index in [2.05, 4.69) is 13.8 Å². The van der Waals surface area contributed by atoms with Crippen LogP contribution in [0.4, 0.5) is 0 Å². The van der Waals surface area contributed by atoms with E-state index in [1.165, 1.54) is 11.1 Å². The first-order chi connectivity index (χ1) is 4.20. The van der Waals surface area contributed by atoms with E-state index in [0.717, 1.165) is 19.3 Å². The van der Waals surface area contributed by atoms with Crippen molar-refractivity contribution >= 4 is 0 Å². The maximum Gasteiger partial charge on any atom is 0.0580 e. The van der Waals surface area contributed by atoms with Gasteiger partial charge in [-0.15, -0.1) is 0 Å². The summed E-state index contributed by atoms with van der Waals surface area (Å²) in [6, 6.07) is 0. The van der Waals surface area contributed by atoms with Crippen molar-refractivity contribution in [3.8, 4) is 0 Å². The lowest BCUT2D eigenvalue weighted by Crippen LogP contribution is -2.12. The van der Waals surface area contributed by atoms with Crippen LogP contribution in [0, 0.1) is 0 Å². The Labute approximate surface area is 56.4 Å². The zero-order valence-electron chi connectivity index (χ0n) is 6.15. The Morgan fingerprint density at radius 3 is 2.44 bits per heavy atom. The molecule has 9 heavy (non-hydrogen) atoms. The summed E-state index contributed by atoms with van der Waals surface area (Å²) in [6.07, 6.45) is 2.89. The Morgan fingerprint density at radius 1 is 1.33 bits per heavy atom. The normalized spacial score (nSPS) is 29.0. The molecule has 1 unspecified atom stereocenters. The average Bonchev–Trinajstić information content (AvgIpc) is 1.80. The number of rotatable bonds is 0. The monoisotopic (exact) mass is 126 g/mol. The van der Waals surface area contributed by atoms with E-state index in [0.29, 0.717) is 0 Å². The molecule has 1 aliphatic carbocycles. The van der Waals surface area contributed by atoms with Gasteiger partial charge in [0, 0.05) is 0 Å². The van der Waals surface area contributed by atoms with Gasteiger partial charge in [0.25, 0.3) is 0 Å². The summed E-state index contributed by atoms with van der Waals surface area (Å²) in [5.74, 6) is 0. The fraction of sp³-hybridized carbons (Fsp3) is 0.750. The van der Waals surface area contributed by atoms with Crippen molar-refractivity contribution in [1.82, 2.24) is 0 Å². The molecule has 1 atom stereocenters. The summed E-state index contributed by atoms with van der Waals surface area (Å²) in [4.78, 5) is 0. The van der Waals surface area contributed by atoms with E-state index in [-0.39, 0.29) is 6.10 Å². The molecule has 1 aliphatic rings. The van der Waals surface area contributed by atoms with Gasteiger partial charge in [-0.2, -0.15) is 0 Å². The van der Waals surface area contributed by atoms with Crippen LogP contribution in [-0.4, -0.2) is 11.2 Å². The van der Waals surface area contributed by atoms with Gasteiger partial charge in [-0.25, -0.2) is 0 Å². The third-order valence-corrected chi connectivity index (χ3v) is 2.12. The fourth-order valence-electron chi connectivity index (χ4n) is 1.23. The van der Waals surface area contributed by atoms with Gasteiger partial charge in [0.15, 0.2) is 0 Å². The summed E-state index contributed by atoms with van der Waals surface area (Å²) < 4.78 is 0. The van der Waals surface area contributed by atoms with E-state index in [4.69, 9.17) is 5.11 Å². The van der Waals surface area contributed by atoms with Gasteiger partial charge in [-0.05, 0) is 33.1 Å². The first-order valence-corrected chi connectivity index (χ1v) is 3.53. The highest BCUT2D eigenvalue weighted by Crippen LogP contribution is 2.23. The second-order valence-electron chi connectivity index (χ2n) is 2.96. The van der Waals surface area contributed by atoms with E-state index < -0.39 is 0 Å². The summed E-state index contributed by atoms with van der Waals surface area (Å²) in [6.45, 7) is 4.26. The van der Waals surface area contributed by atoms with Gasteiger partial charge < -0.3 is 5.11 Å². The minimum absolute atomic E-state index is 0.0614. The van der Waals surface area contributed by atoms with Crippen LogP contribution in [0.2, 0.25) is 0 Å². The van der Waals surface area contributed by atoms with Crippen molar-refractivity contribution in [2.45, 2.75) is 39.2 Å². The molecule has 0 fully saturated rings. The molecule has 0 radical (unpaired) electrons. The van der Waals surface area contributed by atoms with E-state index in [1.54, 1.807) is 0 Å². The van der Waals surface area contributed by atoms with Crippen LogP contribution in [0.15, 0.2) is 11.1 Å². The minimum Gasteiger partial charge on any atom is -0.393 e. The van der Waals surface area contributed by atoms with Gasteiger partial charge in [0.2, 0.25) is 0 Å². The minimum atomic E-state index is -0.0614. The smallest absolute Gasteiger partial charge is 0.0580 e. The molecule has 0 saturated heterocycles. The molecule has 0 amide bonds. The molecular weight excluding hydrogens is 112 g/mol. The van der Waals surface area contributed by atoms with Crippen LogP contribution < -0.4 is 0 Å². The third-order valence-electron chi connectivity index (χ3n) is 2.12. The number of aliphatic hydroxyl groups excluding tert-OH is 1. The molecule has 0 aliphatic heterocycles. The Kier molecular flexibility index (Phi) is 1.91. The lowest BCUT2D eigenvalue weighted by molar-refractivity contribution is 0.158. The molecule has 1 heteroatoms. The second kappa shape index (κ2) is 2.53. The predicted molar refractivity (Wildman–Crippen MR) is 38.2 cm³/mol. The summed E-state index contributed by atoms with van der Waals surface area (Å²) in [7, 11) is 0. The number of aliphatic hydroxyl groups is 1. The maximum absolute atomic E-state index is 9.16. The predicted octanol–water partition coefficient (Wildman–Crippen LogP) is 1.87. The molecule has 1 rings (SSSR count). The number of hydrogen-bond acceptors (Lipinski definition) is 1. The highest BCUT2D eigenvalue weighted by atomic mass is 16.3. The van der Waals surface area contributed by atoms with Gasteiger partial charge in [0.05, 0.1) is 6.10 Å². The third kappa shape index (κ3) is 1.55. The van der Waals surface area contributed by atoms with Crippen LogP contribution in [0.5, 0.6) is 0 Å². The van der Waals surface area contributed by atoms with Crippen molar-refractivity contribution in [3.63, 3.8) is 0 Å². The van der Waals surface area contributed by atoms with Crippen LogP contribution >= 0.6 is 0 Å². The molecule has 1 N–H and O–H groups in total. The molecule has 52 valence electrons. The lowest BCUT2D eigenvalue weighted by Gasteiger charge is -2.19. The van der Waals surface area contributed by atoms with Crippen molar-refractivity contribution in [3.05, 3.63) is 11.1 Å². The standard InChI is InChI=1S/C8H14O/c1-6-3-4-8(9)5-7(6)2/h8-9H,3-5H2,1-2H3. The van der Waals surface area contributed by atoms with Crippen molar-refractivity contribution in [1.29, 1.82) is 0 Å². The molecule has 0 aromatic carbocycles. The molecule has 1 nitrogen and oxygen atoms in total. The van der Waals surface area contributed by atoms with E-state index in [9.17, 15) is 0 Å². The Morgan fingerprint density at radius 2 is 2.00 bits per heavy atom. The topological polar surface area (TPSA) is 20.2 Å². The number of hydrogen-bond donors (Lipinski definition) is 1. The lowest BCUT2D eigenvalue weighted by atomic mass is 9.92. The molecule has 0 heterocycles. The SMILES string of the molecule is CC1=C(C)CC(O)CC1. The Balaban J connectivity index is 2.61. The average molecular weight is 126 g/mol. The van der Waals surface area contributed by atoms with E-state index >= 15 is 0 Å². The first kappa shape index (κ1) is 6.81. The number of allylic oxidation sites excluding steroid dienone is 1. The highest BCUT2D eigenvalue weighted by molar-refractivity contribution is 5.13. The molecule has 0 aromatic rings. The Hall–Kier alpha value is -0.300. The molecule has 0 spiro atoms. The van der Waals surface area contributed by atoms with Crippen LogP contribution in [-0.2, 0) is 0 Å². The quantitative estimate of drug-likeness (QED) is 0.491. The molecule has 0 saturated carbocycles. The summed E-state index contributed by atoms with van der Waals surface area (Å²) in [5, 5.41) is 9.16. The van der Waals surface area contributed by atoms with Gasteiger partial charge in [-0.1, -0.05) is 11.1 Å². The molecular formula is C8H14O. The second-order valence-corrected chi connectivity index (χ2v) is 2.96. The van der Waals surface area contributed by atoms with Crippen LogP contribution in [0.1, 0.15) is 33.1 Å². The van der Waals surface area contributed by atoms with Crippen molar-refractivity contribution < 1.29 is 5.11 Å². The zero-order valence-corrected chi connectivity index (χ0v) is 6.15. The molecule has 0 aromatic heterocycles. The van der Waals surface area contributed by atoms with Crippen LogP contribution in [0.3, 0.4) is 0 Å². The van der Waals surface area contributed by atoms with Crippen LogP contribution in [0.25, 0.3) is 0 Å². The maximum atomic E-state index is 9.16. The van der Waals surface area contributed by atoms with Gasteiger partial charge in [0.1, 0.15) is 0 Å².